The van der Waals surface area contributed by atoms with Gasteiger partial charge in [0.1, 0.15) is 24.4 Å². The van der Waals surface area contributed by atoms with Crippen LogP contribution in [0.25, 0.3) is 0 Å². The smallest absolute Gasteiger partial charge is 0.215 e. The maximum absolute atomic E-state index is 14.2. The van der Waals surface area contributed by atoms with Gasteiger partial charge >= 0.3 is 0 Å². The van der Waals surface area contributed by atoms with Gasteiger partial charge in [0, 0.05) is 76.4 Å². The van der Waals surface area contributed by atoms with E-state index in [2.05, 4.69) is 51.0 Å². The van der Waals surface area contributed by atoms with E-state index in [0.717, 1.165) is 51.6 Å². The van der Waals surface area contributed by atoms with Crippen LogP contribution in [0.15, 0.2) is 48.8 Å². The quantitative estimate of drug-likeness (QED) is 0.557. The third-order valence-electron chi connectivity index (χ3n) is 7.37. The topological polar surface area (TPSA) is 68.1 Å². The molecule has 0 spiro atoms. The lowest BCUT2D eigenvalue weighted by Crippen LogP contribution is -2.58. The first kappa shape index (κ1) is 24.3. The molecule has 36 heavy (non-hydrogen) atoms. The van der Waals surface area contributed by atoms with E-state index in [1.165, 1.54) is 6.07 Å². The summed E-state index contributed by atoms with van der Waals surface area (Å²) in [4.78, 5) is 14.2. The van der Waals surface area contributed by atoms with Crippen molar-refractivity contribution < 1.29 is 13.9 Å². The number of pyridine rings is 1. The van der Waals surface area contributed by atoms with Gasteiger partial charge in [-0.05, 0) is 31.5 Å². The van der Waals surface area contributed by atoms with E-state index in [0.29, 0.717) is 35.3 Å². The van der Waals surface area contributed by atoms with Crippen molar-refractivity contribution in [1.82, 2.24) is 19.7 Å². The Morgan fingerprint density at radius 3 is 2.69 bits per heavy atom. The number of aromatic nitrogens is 1. The minimum Gasteiger partial charge on any atom is -0.473 e. The molecule has 0 aliphatic carbocycles. The molecule has 2 aromatic rings. The molecule has 0 amide bonds. The molecule has 0 bridgehead atoms. The molecule has 8 nitrogen and oxygen atoms in total. The highest BCUT2D eigenvalue weighted by molar-refractivity contribution is 5.41. The van der Waals surface area contributed by atoms with Gasteiger partial charge in [-0.25, -0.2) is 4.39 Å². The fourth-order valence-electron chi connectivity index (χ4n) is 5.14. The predicted molar refractivity (Wildman–Crippen MR) is 135 cm³/mol. The summed E-state index contributed by atoms with van der Waals surface area (Å²) in [7, 11) is 2.15. The molecular formula is C27H33FN6O2. The number of hydrogen-bond donors (Lipinski definition) is 0. The van der Waals surface area contributed by atoms with Crippen molar-refractivity contribution in [3.05, 3.63) is 65.7 Å². The molecule has 2 unspecified atom stereocenters. The molecule has 9 heteroatoms. The average molecular weight is 493 g/mol. The molecule has 1 aromatic carbocycles. The zero-order valence-electron chi connectivity index (χ0n) is 20.9. The lowest BCUT2D eigenvalue weighted by Gasteiger charge is -2.45. The average Bonchev–Trinajstić information content (AvgIpc) is 3.25. The first-order chi connectivity index (χ1) is 17.5. The number of rotatable bonds is 8. The molecule has 3 aliphatic rings. The van der Waals surface area contributed by atoms with Crippen LogP contribution in [0.5, 0.6) is 5.88 Å². The molecule has 3 aliphatic heterocycles. The lowest BCUT2D eigenvalue weighted by molar-refractivity contribution is -0.0739. The number of anilines is 1. The highest BCUT2D eigenvalue weighted by Gasteiger charge is 2.36. The van der Waals surface area contributed by atoms with Crippen molar-refractivity contribution in [2.45, 2.75) is 38.3 Å². The van der Waals surface area contributed by atoms with Crippen LogP contribution in [0, 0.1) is 17.1 Å². The monoisotopic (exact) mass is 492 g/mol. The fourth-order valence-corrected chi connectivity index (χ4v) is 5.14. The molecule has 0 N–H and O–H groups in total. The summed E-state index contributed by atoms with van der Waals surface area (Å²) >= 11 is 0. The lowest BCUT2D eigenvalue weighted by atomic mass is 10.1. The minimum absolute atomic E-state index is 0.0601. The molecule has 3 atom stereocenters. The van der Waals surface area contributed by atoms with Gasteiger partial charge in [-0.1, -0.05) is 12.1 Å². The van der Waals surface area contributed by atoms with Crippen molar-refractivity contribution in [1.29, 1.82) is 5.26 Å². The van der Waals surface area contributed by atoms with E-state index in [1.807, 2.05) is 18.2 Å². The van der Waals surface area contributed by atoms with Gasteiger partial charge < -0.3 is 24.2 Å². The molecule has 1 aromatic heterocycles. The summed E-state index contributed by atoms with van der Waals surface area (Å²) in [5.41, 5.74) is 0.689. The summed E-state index contributed by atoms with van der Waals surface area (Å²) in [5.74, 6) is 0.875. The van der Waals surface area contributed by atoms with Crippen LogP contribution in [0.1, 0.15) is 24.5 Å². The largest absolute Gasteiger partial charge is 0.473 e. The van der Waals surface area contributed by atoms with E-state index in [4.69, 9.17) is 14.7 Å². The summed E-state index contributed by atoms with van der Waals surface area (Å²) in [5, 5.41) is 8.91. The molecule has 190 valence electrons. The maximum atomic E-state index is 14.2. The molecular weight excluding hydrogens is 459 g/mol. The van der Waals surface area contributed by atoms with E-state index in [1.54, 1.807) is 18.2 Å². The highest BCUT2D eigenvalue weighted by Crippen LogP contribution is 2.26. The Balaban J connectivity index is 1.15. The Bertz CT molecular complexity index is 1130. The summed E-state index contributed by atoms with van der Waals surface area (Å²) < 4.78 is 25.6. The molecule has 2 saturated heterocycles. The third kappa shape index (κ3) is 5.25. The zero-order valence-corrected chi connectivity index (χ0v) is 20.9. The maximum Gasteiger partial charge on any atom is 0.215 e. The van der Waals surface area contributed by atoms with Crippen LogP contribution in [0.2, 0.25) is 0 Å². The Morgan fingerprint density at radius 1 is 1.19 bits per heavy atom. The summed E-state index contributed by atoms with van der Waals surface area (Å²) in [6, 6.07) is 12.4. The first-order valence-corrected chi connectivity index (χ1v) is 12.6. The van der Waals surface area contributed by atoms with E-state index in [-0.39, 0.29) is 6.61 Å². The summed E-state index contributed by atoms with van der Waals surface area (Å²) in [6.07, 6.45) is 6.15. The predicted octanol–water partition coefficient (Wildman–Crippen LogP) is 3.02. The SMILES string of the molecule is CC(C1N(C)C=CN1C[C@@H]1CCO1)N1CCN(c2cccc(OCc3ccc(C#N)cc3F)n2)CC1. The number of benzene rings is 1. The van der Waals surface area contributed by atoms with Crippen molar-refractivity contribution in [2.24, 2.45) is 0 Å². The standard InChI is InChI=1S/C27H33FN6O2/c1-20(27-31(2)9-10-34(27)18-23-8-15-35-23)32-11-13-33(14-12-32)25-4-3-5-26(30-25)36-19-22-7-6-21(17-29)16-24(22)28/h3-7,9-10,16,20,23,27H,8,11-15,18-19H2,1-2H3/t20?,23-,27?/m0/s1. The van der Waals surface area contributed by atoms with Gasteiger partial charge in [-0.15, -0.1) is 0 Å². The van der Waals surface area contributed by atoms with Crippen LogP contribution in [0.3, 0.4) is 0 Å². The Kier molecular flexibility index (Phi) is 7.25. The third-order valence-corrected chi connectivity index (χ3v) is 7.37. The Hall–Kier alpha value is -3.35. The normalized spacial score (nSPS) is 22.9. The van der Waals surface area contributed by atoms with Gasteiger partial charge in [0.15, 0.2) is 0 Å². The second-order valence-electron chi connectivity index (χ2n) is 9.66. The van der Waals surface area contributed by atoms with Crippen molar-refractivity contribution in [3.8, 4) is 11.9 Å². The number of halogens is 1. The Labute approximate surface area is 212 Å². The van der Waals surface area contributed by atoms with Crippen molar-refractivity contribution in [3.63, 3.8) is 0 Å². The van der Waals surface area contributed by atoms with Crippen LogP contribution < -0.4 is 9.64 Å². The number of ether oxygens (including phenoxy) is 2. The fraction of sp³-hybridized carbons (Fsp3) is 0.481. The van der Waals surface area contributed by atoms with Gasteiger partial charge in [0.2, 0.25) is 5.88 Å². The Morgan fingerprint density at radius 2 is 2.00 bits per heavy atom. The highest BCUT2D eigenvalue weighted by atomic mass is 19.1. The number of likely N-dealkylation sites (N-methyl/N-ethyl adjacent to an activating group) is 1. The minimum atomic E-state index is -0.447. The molecule has 0 saturated carbocycles. The van der Waals surface area contributed by atoms with Crippen LogP contribution in [-0.2, 0) is 11.3 Å². The molecule has 2 fully saturated rings. The number of nitriles is 1. The zero-order chi connectivity index (χ0) is 25.1. The van der Waals surface area contributed by atoms with Crippen LogP contribution in [0.4, 0.5) is 10.2 Å². The molecule has 5 rings (SSSR count). The van der Waals surface area contributed by atoms with E-state index in [9.17, 15) is 4.39 Å². The van der Waals surface area contributed by atoms with Gasteiger partial charge in [-0.3, -0.25) is 4.90 Å². The second kappa shape index (κ2) is 10.7. The summed E-state index contributed by atoms with van der Waals surface area (Å²) in [6.45, 7) is 7.84. The van der Waals surface area contributed by atoms with Crippen LogP contribution >= 0.6 is 0 Å². The van der Waals surface area contributed by atoms with Crippen molar-refractivity contribution in [2.75, 3.05) is 51.3 Å². The second-order valence-corrected chi connectivity index (χ2v) is 9.66. The van der Waals surface area contributed by atoms with Gasteiger partial charge in [0.05, 0.1) is 17.7 Å². The number of nitrogens with zero attached hydrogens (tertiary/aromatic N) is 6. The molecule has 4 heterocycles. The first-order valence-electron chi connectivity index (χ1n) is 12.6. The number of hydrogen-bond acceptors (Lipinski definition) is 8. The van der Waals surface area contributed by atoms with E-state index >= 15 is 0 Å². The van der Waals surface area contributed by atoms with Crippen molar-refractivity contribution >= 4 is 5.82 Å². The van der Waals surface area contributed by atoms with Gasteiger partial charge in [0.25, 0.3) is 0 Å². The number of piperazine rings is 1. The molecule has 0 radical (unpaired) electrons. The van der Waals surface area contributed by atoms with E-state index < -0.39 is 5.82 Å². The van der Waals surface area contributed by atoms with Crippen LogP contribution in [-0.4, -0.2) is 84.4 Å². The van der Waals surface area contributed by atoms with Gasteiger partial charge in [-0.2, -0.15) is 10.2 Å².